The second kappa shape index (κ2) is 5.80. The molecular weight excluding hydrogens is 248 g/mol. The van der Waals surface area contributed by atoms with Gasteiger partial charge in [-0.25, -0.2) is 0 Å². The number of nitrogens with one attached hydrogen (secondary N) is 1. The molecule has 18 heavy (non-hydrogen) atoms. The molecule has 1 spiro atoms. The van der Waals surface area contributed by atoms with Gasteiger partial charge >= 0.3 is 0 Å². The molecule has 0 bridgehead atoms. The molecule has 0 aromatic heterocycles. The molecule has 2 aliphatic heterocycles. The first-order valence-corrected chi connectivity index (χ1v) is 7.96. The predicted octanol–water partition coefficient (Wildman–Crippen LogP) is 1.65. The van der Waals surface area contributed by atoms with Gasteiger partial charge in [0.1, 0.15) is 0 Å². The molecule has 102 valence electrons. The van der Waals surface area contributed by atoms with E-state index in [9.17, 15) is 0 Å². The molecule has 1 saturated carbocycles. The SMILES string of the molecule is C(COCC1CC1)N=C1NC2(CCOCC2)CS1. The Kier molecular flexibility index (Phi) is 4.11. The number of thioether (sulfide) groups is 1. The van der Waals surface area contributed by atoms with E-state index < -0.39 is 0 Å². The van der Waals surface area contributed by atoms with Crippen LogP contribution in [0.4, 0.5) is 0 Å². The lowest BCUT2D eigenvalue weighted by atomic mass is 9.93. The number of nitrogens with zero attached hydrogens (tertiary/aromatic N) is 1. The monoisotopic (exact) mass is 270 g/mol. The lowest BCUT2D eigenvalue weighted by Crippen LogP contribution is -2.48. The summed E-state index contributed by atoms with van der Waals surface area (Å²) in [5.74, 6) is 1.99. The van der Waals surface area contributed by atoms with E-state index in [0.717, 1.165) is 62.7 Å². The molecule has 0 radical (unpaired) electrons. The maximum atomic E-state index is 5.59. The Labute approximate surface area is 113 Å². The van der Waals surface area contributed by atoms with E-state index in [0.29, 0.717) is 0 Å². The summed E-state index contributed by atoms with van der Waals surface area (Å²) in [4.78, 5) is 4.59. The molecule has 0 unspecified atom stereocenters. The minimum absolute atomic E-state index is 0.261. The van der Waals surface area contributed by atoms with Crippen LogP contribution in [0.25, 0.3) is 0 Å². The molecule has 0 aromatic carbocycles. The average Bonchev–Trinajstić information content (AvgIpc) is 3.14. The van der Waals surface area contributed by atoms with Crippen LogP contribution in [0.1, 0.15) is 25.7 Å². The normalized spacial score (nSPS) is 28.8. The Hall–Kier alpha value is -0.260. The van der Waals surface area contributed by atoms with E-state index in [1.165, 1.54) is 12.8 Å². The number of amidine groups is 1. The molecule has 0 aromatic rings. The van der Waals surface area contributed by atoms with Crippen LogP contribution in [0, 0.1) is 5.92 Å². The second-order valence-corrected chi connectivity index (χ2v) is 6.48. The largest absolute Gasteiger partial charge is 0.381 e. The van der Waals surface area contributed by atoms with Crippen molar-refractivity contribution in [1.29, 1.82) is 0 Å². The van der Waals surface area contributed by atoms with Gasteiger partial charge in [-0.05, 0) is 31.6 Å². The van der Waals surface area contributed by atoms with Crippen molar-refractivity contribution in [2.75, 3.05) is 38.7 Å². The fraction of sp³-hybridized carbons (Fsp3) is 0.923. The van der Waals surface area contributed by atoms with Crippen molar-refractivity contribution >= 4 is 16.9 Å². The summed E-state index contributed by atoms with van der Waals surface area (Å²) in [6.07, 6.45) is 4.93. The van der Waals surface area contributed by atoms with Gasteiger partial charge in [0.25, 0.3) is 0 Å². The Bertz CT molecular complexity index is 312. The first-order chi connectivity index (χ1) is 8.86. The highest BCUT2D eigenvalue weighted by atomic mass is 32.2. The number of hydrogen-bond acceptors (Lipinski definition) is 4. The van der Waals surface area contributed by atoms with Gasteiger partial charge in [-0.2, -0.15) is 0 Å². The minimum atomic E-state index is 0.261. The van der Waals surface area contributed by atoms with Crippen molar-refractivity contribution in [3.63, 3.8) is 0 Å². The van der Waals surface area contributed by atoms with Gasteiger partial charge < -0.3 is 14.8 Å². The van der Waals surface area contributed by atoms with Crippen LogP contribution < -0.4 is 5.32 Å². The predicted molar refractivity (Wildman–Crippen MR) is 74.2 cm³/mol. The summed E-state index contributed by atoms with van der Waals surface area (Å²) >= 11 is 1.85. The summed E-state index contributed by atoms with van der Waals surface area (Å²) in [6.45, 7) is 4.25. The molecule has 1 aliphatic carbocycles. The highest BCUT2D eigenvalue weighted by molar-refractivity contribution is 8.14. The third-order valence-corrected chi connectivity index (χ3v) is 5.05. The average molecular weight is 270 g/mol. The maximum absolute atomic E-state index is 5.59. The minimum Gasteiger partial charge on any atom is -0.381 e. The zero-order valence-corrected chi connectivity index (χ0v) is 11.6. The zero-order valence-electron chi connectivity index (χ0n) is 10.8. The number of rotatable bonds is 5. The smallest absolute Gasteiger partial charge is 0.157 e. The molecule has 3 rings (SSSR count). The van der Waals surface area contributed by atoms with Crippen LogP contribution in [-0.2, 0) is 9.47 Å². The van der Waals surface area contributed by atoms with Crippen molar-refractivity contribution in [3.05, 3.63) is 0 Å². The Morgan fingerprint density at radius 2 is 2.22 bits per heavy atom. The van der Waals surface area contributed by atoms with Crippen molar-refractivity contribution in [3.8, 4) is 0 Å². The van der Waals surface area contributed by atoms with Gasteiger partial charge in [0, 0.05) is 25.6 Å². The van der Waals surface area contributed by atoms with E-state index >= 15 is 0 Å². The van der Waals surface area contributed by atoms with Gasteiger partial charge in [-0.15, -0.1) is 0 Å². The molecule has 5 heteroatoms. The quantitative estimate of drug-likeness (QED) is 0.772. The van der Waals surface area contributed by atoms with Crippen LogP contribution in [0.15, 0.2) is 4.99 Å². The van der Waals surface area contributed by atoms with E-state index in [-0.39, 0.29) is 5.54 Å². The lowest BCUT2D eigenvalue weighted by molar-refractivity contribution is 0.0555. The molecule has 4 nitrogen and oxygen atoms in total. The van der Waals surface area contributed by atoms with E-state index in [1.807, 2.05) is 11.8 Å². The summed E-state index contributed by atoms with van der Waals surface area (Å²) in [5.41, 5.74) is 0.261. The van der Waals surface area contributed by atoms with Gasteiger partial charge in [0.2, 0.25) is 0 Å². The summed E-state index contributed by atoms with van der Waals surface area (Å²) in [7, 11) is 0. The summed E-state index contributed by atoms with van der Waals surface area (Å²) in [5, 5.41) is 4.70. The van der Waals surface area contributed by atoms with Gasteiger partial charge in [0.15, 0.2) is 5.17 Å². The van der Waals surface area contributed by atoms with Crippen molar-refractivity contribution in [2.24, 2.45) is 10.9 Å². The standard InChI is InChI=1S/C13H22N2O2S/c1-2-11(1)9-17-8-5-14-12-15-13(10-18-12)3-6-16-7-4-13/h11H,1-10H2,(H,14,15). The first-order valence-electron chi connectivity index (χ1n) is 6.97. The van der Waals surface area contributed by atoms with Crippen molar-refractivity contribution < 1.29 is 9.47 Å². The molecule has 2 heterocycles. The first kappa shape index (κ1) is 12.8. The van der Waals surface area contributed by atoms with Crippen LogP contribution in [-0.4, -0.2) is 49.4 Å². The Balaban J connectivity index is 1.37. The van der Waals surface area contributed by atoms with Crippen LogP contribution in [0.5, 0.6) is 0 Å². The number of hydrogen-bond donors (Lipinski definition) is 1. The topological polar surface area (TPSA) is 42.8 Å². The maximum Gasteiger partial charge on any atom is 0.157 e. The van der Waals surface area contributed by atoms with E-state index in [2.05, 4.69) is 10.3 Å². The fourth-order valence-electron chi connectivity index (χ4n) is 2.37. The number of aliphatic imine (C=N–C) groups is 1. The second-order valence-electron chi connectivity index (χ2n) is 5.51. The van der Waals surface area contributed by atoms with Crippen molar-refractivity contribution in [2.45, 2.75) is 31.2 Å². The van der Waals surface area contributed by atoms with Gasteiger partial charge in [-0.1, -0.05) is 11.8 Å². The molecule has 3 fully saturated rings. The fourth-order valence-corrected chi connectivity index (χ4v) is 3.61. The molecule has 0 atom stereocenters. The summed E-state index contributed by atoms with van der Waals surface area (Å²) in [6, 6.07) is 0. The molecule has 0 amide bonds. The van der Waals surface area contributed by atoms with Crippen LogP contribution >= 0.6 is 11.8 Å². The van der Waals surface area contributed by atoms with Gasteiger partial charge in [-0.3, -0.25) is 4.99 Å². The van der Waals surface area contributed by atoms with Crippen LogP contribution in [0.2, 0.25) is 0 Å². The Morgan fingerprint density at radius 1 is 1.39 bits per heavy atom. The zero-order chi connectivity index (χ0) is 12.3. The molecular formula is C13H22N2O2S. The van der Waals surface area contributed by atoms with E-state index in [1.54, 1.807) is 0 Å². The molecule has 3 aliphatic rings. The highest BCUT2D eigenvalue weighted by Crippen LogP contribution is 2.31. The number of ether oxygens (including phenoxy) is 2. The highest BCUT2D eigenvalue weighted by Gasteiger charge is 2.38. The van der Waals surface area contributed by atoms with Crippen molar-refractivity contribution in [1.82, 2.24) is 5.32 Å². The Morgan fingerprint density at radius 3 is 3.00 bits per heavy atom. The molecule has 2 saturated heterocycles. The summed E-state index contributed by atoms with van der Waals surface area (Å²) < 4.78 is 11.0. The third-order valence-electron chi connectivity index (χ3n) is 3.85. The molecule has 1 N–H and O–H groups in total. The van der Waals surface area contributed by atoms with E-state index in [4.69, 9.17) is 9.47 Å². The van der Waals surface area contributed by atoms with Gasteiger partial charge in [0.05, 0.1) is 18.7 Å². The lowest BCUT2D eigenvalue weighted by Gasteiger charge is -2.32. The third kappa shape index (κ3) is 3.39. The van der Waals surface area contributed by atoms with Crippen LogP contribution in [0.3, 0.4) is 0 Å².